The van der Waals surface area contributed by atoms with Gasteiger partial charge in [-0.05, 0) is 5.56 Å². The summed E-state index contributed by atoms with van der Waals surface area (Å²) in [6.45, 7) is 0. The first-order chi connectivity index (χ1) is 11.7. The first-order valence-electron chi connectivity index (χ1n) is 7.34. The van der Waals surface area contributed by atoms with Gasteiger partial charge in [0.25, 0.3) is 0 Å². The second kappa shape index (κ2) is 8.46. The van der Waals surface area contributed by atoms with Gasteiger partial charge in [-0.25, -0.2) is 0 Å². The summed E-state index contributed by atoms with van der Waals surface area (Å²) < 4.78 is 27.1. The first-order valence-corrected chi connectivity index (χ1v) is 8.34. The van der Waals surface area contributed by atoms with Gasteiger partial charge >= 0.3 is 0 Å². The molecule has 0 aliphatic rings. The molecule has 0 bridgehead atoms. The van der Waals surface area contributed by atoms with Crippen molar-refractivity contribution in [2.75, 3.05) is 27.5 Å². The van der Waals surface area contributed by atoms with Crippen LogP contribution >= 0.6 is 8.46 Å². The Morgan fingerprint density at radius 3 is 2.04 bits per heavy atom. The van der Waals surface area contributed by atoms with E-state index in [4.69, 9.17) is 14.2 Å². The number of benzene rings is 2. The van der Waals surface area contributed by atoms with Crippen LogP contribution in [0.25, 0.3) is 0 Å². The molecule has 2 aromatic carbocycles. The van der Waals surface area contributed by atoms with E-state index in [0.717, 1.165) is 5.56 Å². The molecule has 6 heteroatoms. The summed E-state index contributed by atoms with van der Waals surface area (Å²) in [6, 6.07) is 12.5. The number of carbonyl (C=O) groups is 1. The van der Waals surface area contributed by atoms with Crippen LogP contribution in [-0.4, -0.2) is 33.3 Å². The van der Waals surface area contributed by atoms with E-state index in [1.54, 1.807) is 12.1 Å². The molecule has 0 aliphatic carbocycles. The second-order valence-corrected chi connectivity index (χ2v) is 5.67. The van der Waals surface area contributed by atoms with Gasteiger partial charge in [-0.2, -0.15) is 0 Å². The molecule has 2 rings (SSSR count). The lowest BCUT2D eigenvalue weighted by atomic mass is 9.91. The SMILES string of the molecule is COc1cc(OC)c(C(=O)C(CP=O)c2ccccc2)c(OC)c1. The minimum Gasteiger partial charge on any atom is -0.496 e. The average Bonchev–Trinajstić information content (AvgIpc) is 2.64. The minimum atomic E-state index is -0.554. The first kappa shape index (κ1) is 18.0. The van der Waals surface area contributed by atoms with Gasteiger partial charge in [-0.15, -0.1) is 0 Å². The normalized spacial score (nSPS) is 11.8. The van der Waals surface area contributed by atoms with E-state index in [0.29, 0.717) is 22.8 Å². The van der Waals surface area contributed by atoms with Crippen LogP contribution in [-0.2, 0) is 4.57 Å². The highest BCUT2D eigenvalue weighted by atomic mass is 31.1. The van der Waals surface area contributed by atoms with Crippen LogP contribution in [0.2, 0.25) is 0 Å². The summed E-state index contributed by atoms with van der Waals surface area (Å²) in [5.74, 6) is 0.486. The Morgan fingerprint density at radius 1 is 1.00 bits per heavy atom. The third kappa shape index (κ3) is 3.74. The fraction of sp³-hybridized carbons (Fsp3) is 0.278. The number of rotatable bonds is 8. The summed E-state index contributed by atoms with van der Waals surface area (Å²) in [6.07, 6.45) is 0.182. The van der Waals surface area contributed by atoms with Gasteiger partial charge in [0.15, 0.2) is 14.2 Å². The Kier molecular flexibility index (Phi) is 6.33. The van der Waals surface area contributed by atoms with E-state index in [-0.39, 0.29) is 20.4 Å². The van der Waals surface area contributed by atoms with Crippen LogP contribution in [0.4, 0.5) is 0 Å². The largest absolute Gasteiger partial charge is 0.496 e. The number of methoxy groups -OCH3 is 3. The lowest BCUT2D eigenvalue weighted by molar-refractivity contribution is 0.0961. The van der Waals surface area contributed by atoms with Gasteiger partial charge in [0, 0.05) is 18.3 Å². The second-order valence-electron chi connectivity index (χ2n) is 5.05. The Morgan fingerprint density at radius 2 is 1.58 bits per heavy atom. The fourth-order valence-corrected chi connectivity index (χ4v) is 3.05. The molecule has 0 radical (unpaired) electrons. The highest BCUT2D eigenvalue weighted by Gasteiger charge is 2.28. The molecule has 24 heavy (non-hydrogen) atoms. The zero-order valence-corrected chi connectivity index (χ0v) is 14.7. The third-order valence-electron chi connectivity index (χ3n) is 3.74. The zero-order valence-electron chi connectivity index (χ0n) is 13.8. The van der Waals surface area contributed by atoms with Crippen LogP contribution in [0.5, 0.6) is 17.2 Å². The molecule has 1 atom stereocenters. The molecular weight excluding hydrogens is 327 g/mol. The van der Waals surface area contributed by atoms with Crippen molar-refractivity contribution in [2.24, 2.45) is 0 Å². The summed E-state index contributed by atoms with van der Waals surface area (Å²) >= 11 is 0. The minimum absolute atomic E-state index is 0.0991. The lowest BCUT2D eigenvalue weighted by Crippen LogP contribution is -2.16. The Labute approximate surface area is 142 Å². The number of hydrogen-bond donors (Lipinski definition) is 0. The fourth-order valence-electron chi connectivity index (χ4n) is 2.52. The zero-order chi connectivity index (χ0) is 17.5. The number of ether oxygens (including phenoxy) is 3. The van der Waals surface area contributed by atoms with Crippen LogP contribution < -0.4 is 14.2 Å². The smallest absolute Gasteiger partial charge is 0.178 e. The highest BCUT2D eigenvalue weighted by Crippen LogP contribution is 2.38. The van der Waals surface area contributed by atoms with Crippen molar-refractivity contribution in [3.05, 3.63) is 53.6 Å². The summed E-state index contributed by atoms with van der Waals surface area (Å²) in [5, 5.41) is 0. The van der Waals surface area contributed by atoms with Crippen molar-refractivity contribution in [3.8, 4) is 17.2 Å². The molecule has 1 unspecified atom stereocenters. The molecule has 0 saturated carbocycles. The number of carbonyl (C=O) groups excluding carboxylic acids is 1. The summed E-state index contributed by atoms with van der Waals surface area (Å²) in [7, 11) is 4.39. The molecule has 0 aliphatic heterocycles. The van der Waals surface area contributed by atoms with Gasteiger partial charge in [-0.1, -0.05) is 30.3 Å². The van der Waals surface area contributed by atoms with Gasteiger partial charge < -0.3 is 14.2 Å². The van der Waals surface area contributed by atoms with Gasteiger partial charge in [-0.3, -0.25) is 9.36 Å². The Hall–Kier alpha value is -2.39. The van der Waals surface area contributed by atoms with Crippen molar-refractivity contribution in [3.63, 3.8) is 0 Å². The lowest BCUT2D eigenvalue weighted by Gasteiger charge is -2.18. The quantitative estimate of drug-likeness (QED) is 0.535. The standard InChI is InChI=1S/C18H19O5P/c1-21-13-9-15(22-2)17(16(10-13)23-3)18(19)14(11-24-20)12-7-5-4-6-8-12/h4-10,14H,11H2,1-3H3. The Balaban J connectivity index is 2.55. The van der Waals surface area contributed by atoms with E-state index in [1.165, 1.54) is 21.3 Å². The summed E-state index contributed by atoms with van der Waals surface area (Å²) in [5.41, 5.74) is 1.11. The molecule has 2 aromatic rings. The van der Waals surface area contributed by atoms with Crippen molar-refractivity contribution >= 4 is 14.2 Å². The van der Waals surface area contributed by atoms with E-state index < -0.39 is 5.92 Å². The monoisotopic (exact) mass is 346 g/mol. The third-order valence-corrected chi connectivity index (χ3v) is 4.25. The number of hydrogen-bond acceptors (Lipinski definition) is 5. The maximum Gasteiger partial charge on any atom is 0.178 e. The molecule has 0 fully saturated rings. The molecule has 0 saturated heterocycles. The van der Waals surface area contributed by atoms with Crippen molar-refractivity contribution < 1.29 is 23.6 Å². The van der Waals surface area contributed by atoms with E-state index in [2.05, 4.69) is 0 Å². The molecule has 0 amide bonds. The Bertz CT molecular complexity index is 690. The van der Waals surface area contributed by atoms with E-state index >= 15 is 0 Å². The van der Waals surface area contributed by atoms with Gasteiger partial charge in [0.05, 0.1) is 27.2 Å². The summed E-state index contributed by atoms with van der Waals surface area (Å²) in [4.78, 5) is 13.2. The van der Waals surface area contributed by atoms with E-state index in [9.17, 15) is 9.36 Å². The topological polar surface area (TPSA) is 61.8 Å². The number of ketones is 1. The van der Waals surface area contributed by atoms with Gasteiger partial charge in [0.2, 0.25) is 0 Å². The molecule has 0 aromatic heterocycles. The maximum atomic E-state index is 13.2. The van der Waals surface area contributed by atoms with Crippen LogP contribution in [0.15, 0.2) is 42.5 Å². The van der Waals surface area contributed by atoms with Crippen LogP contribution in [0, 0.1) is 0 Å². The average molecular weight is 346 g/mol. The molecule has 126 valence electrons. The predicted octanol–water partition coefficient (Wildman–Crippen LogP) is 3.97. The predicted molar refractivity (Wildman–Crippen MR) is 92.1 cm³/mol. The van der Waals surface area contributed by atoms with Crippen molar-refractivity contribution in [1.82, 2.24) is 0 Å². The number of Topliss-reactive ketones (excluding diaryl/α,β-unsaturated/α-hetero) is 1. The maximum absolute atomic E-state index is 13.2. The van der Waals surface area contributed by atoms with Crippen molar-refractivity contribution in [1.29, 1.82) is 0 Å². The van der Waals surface area contributed by atoms with Crippen LogP contribution in [0.1, 0.15) is 21.8 Å². The van der Waals surface area contributed by atoms with E-state index in [1.807, 2.05) is 30.3 Å². The van der Waals surface area contributed by atoms with Crippen LogP contribution in [0.3, 0.4) is 0 Å². The molecule has 0 heterocycles. The molecule has 0 spiro atoms. The molecule has 5 nitrogen and oxygen atoms in total. The van der Waals surface area contributed by atoms with Crippen molar-refractivity contribution in [2.45, 2.75) is 5.92 Å². The molecule has 0 N–H and O–H groups in total. The molecular formula is C18H19O5P. The highest BCUT2D eigenvalue weighted by molar-refractivity contribution is 7.23. The van der Waals surface area contributed by atoms with Gasteiger partial charge in [0.1, 0.15) is 22.8 Å².